The third-order valence-electron chi connectivity index (χ3n) is 4.61. The van der Waals surface area contributed by atoms with Crippen LogP contribution in [0, 0.1) is 0 Å². The van der Waals surface area contributed by atoms with Gasteiger partial charge in [0.2, 0.25) is 0 Å². The van der Waals surface area contributed by atoms with Crippen molar-refractivity contribution in [3.8, 4) is 0 Å². The number of piperidine rings is 1. The van der Waals surface area contributed by atoms with Crippen molar-refractivity contribution < 1.29 is 8.95 Å². The number of rotatable bonds is 9. The lowest BCUT2D eigenvalue weighted by Crippen LogP contribution is -2.51. The molecular weight excluding hydrogens is 460 g/mol. The predicted octanol–water partition coefficient (Wildman–Crippen LogP) is 7.96. The van der Waals surface area contributed by atoms with Crippen LogP contribution in [0.1, 0.15) is 61.3 Å². The van der Waals surface area contributed by atoms with Crippen LogP contribution in [0.2, 0.25) is 0 Å². The number of hydrogen-bond acceptors (Lipinski definition) is 4. The molecule has 1 atom stereocenters. The second-order valence-corrected chi connectivity index (χ2v) is 8.95. The van der Waals surface area contributed by atoms with E-state index in [9.17, 15) is 4.21 Å². The molecule has 1 unspecified atom stereocenters. The Morgan fingerprint density at radius 3 is 2.06 bits per heavy atom. The van der Waals surface area contributed by atoms with Crippen molar-refractivity contribution in [2.24, 2.45) is 0 Å². The Balaban J connectivity index is 0. The van der Waals surface area contributed by atoms with Crippen LogP contribution in [0.5, 0.6) is 0 Å². The summed E-state index contributed by atoms with van der Waals surface area (Å²) in [7, 11) is -1.22. The lowest BCUT2D eigenvalue weighted by Gasteiger charge is -2.42. The van der Waals surface area contributed by atoms with E-state index in [1.165, 1.54) is 0 Å². The fourth-order valence-electron chi connectivity index (χ4n) is 3.17. The molecule has 0 aromatic carbocycles. The number of hydrogen-bond donors (Lipinski definition) is 0. The van der Waals surface area contributed by atoms with Crippen molar-refractivity contribution in [2.45, 2.75) is 67.0 Å². The molecule has 2 fully saturated rings. The molecule has 2 aliphatic heterocycles. The minimum absolute atomic E-state index is 0.303. The van der Waals surface area contributed by atoms with Gasteiger partial charge in [-0.25, -0.2) is 12.8 Å². The van der Waals surface area contributed by atoms with Gasteiger partial charge in [-0.1, -0.05) is 97.7 Å². The highest BCUT2D eigenvalue weighted by Crippen LogP contribution is 2.41. The van der Waals surface area contributed by atoms with Gasteiger partial charge in [-0.05, 0) is 37.1 Å². The molecule has 2 rings (SSSR count). The van der Waals surface area contributed by atoms with Gasteiger partial charge in [0.1, 0.15) is 16.7 Å². The fraction of sp³-hybridized carbons (Fsp3) is 0.500. The third kappa shape index (κ3) is 11.3. The molecule has 4 nitrogen and oxygen atoms in total. The van der Waals surface area contributed by atoms with E-state index >= 15 is 0 Å². The summed E-state index contributed by atoms with van der Waals surface area (Å²) in [5.74, 6) is 0. The summed E-state index contributed by atoms with van der Waals surface area (Å²) in [6, 6.07) is 0. The zero-order chi connectivity index (χ0) is 26.4. The molecule has 0 amide bonds. The molecule has 0 aliphatic carbocycles. The van der Waals surface area contributed by atoms with Gasteiger partial charge < -0.3 is 4.74 Å². The van der Waals surface area contributed by atoms with Crippen LogP contribution in [-0.4, -0.2) is 44.8 Å². The molecule has 0 saturated carbocycles. The summed E-state index contributed by atoms with van der Waals surface area (Å²) in [4.78, 5) is 1.83. The minimum Gasteiger partial charge on any atom is -0.358 e. The first-order chi connectivity index (χ1) is 16.6. The molecular formula is C28H48N2O2S2. The molecule has 0 aromatic heterocycles. The van der Waals surface area contributed by atoms with Crippen LogP contribution in [0.4, 0.5) is 0 Å². The maximum Gasteiger partial charge on any atom is 0.133 e. The van der Waals surface area contributed by atoms with E-state index in [2.05, 4.69) is 30.1 Å². The van der Waals surface area contributed by atoms with Gasteiger partial charge in [0.05, 0.1) is 11.5 Å². The largest absolute Gasteiger partial charge is 0.358 e. The molecule has 1 spiro atoms. The molecule has 0 N–H and O–H groups in total. The van der Waals surface area contributed by atoms with Gasteiger partial charge in [0.25, 0.3) is 0 Å². The van der Waals surface area contributed by atoms with E-state index in [1.807, 2.05) is 77.1 Å². The maximum absolute atomic E-state index is 13.0. The first kappa shape index (κ1) is 34.7. The first-order valence-electron chi connectivity index (χ1n) is 12.4. The van der Waals surface area contributed by atoms with Crippen LogP contribution in [0.15, 0.2) is 84.2 Å². The van der Waals surface area contributed by atoms with Crippen molar-refractivity contribution in [3.05, 3.63) is 84.2 Å². The van der Waals surface area contributed by atoms with E-state index in [0.29, 0.717) is 19.7 Å². The molecule has 0 bridgehead atoms. The predicted molar refractivity (Wildman–Crippen MR) is 157 cm³/mol. The Bertz CT molecular complexity index is 716. The highest BCUT2D eigenvalue weighted by molar-refractivity contribution is 8.01. The Labute approximate surface area is 217 Å². The fourth-order valence-corrected chi connectivity index (χ4v) is 5.43. The highest BCUT2D eigenvalue weighted by atomic mass is 32.2. The Morgan fingerprint density at radius 1 is 0.941 bits per heavy atom. The van der Waals surface area contributed by atoms with Gasteiger partial charge in [0.15, 0.2) is 0 Å². The lowest BCUT2D eigenvalue weighted by atomic mass is 10.0. The average Bonchev–Trinajstić information content (AvgIpc) is 3.28. The average molecular weight is 509 g/mol. The summed E-state index contributed by atoms with van der Waals surface area (Å²) in [5.41, 5.74) is -0.303. The van der Waals surface area contributed by atoms with Gasteiger partial charge in [0, 0.05) is 37.4 Å². The van der Waals surface area contributed by atoms with Crippen molar-refractivity contribution in [1.82, 2.24) is 8.61 Å². The van der Waals surface area contributed by atoms with Crippen LogP contribution >= 0.6 is 11.9 Å². The Kier molecular flexibility index (Phi) is 22.5. The van der Waals surface area contributed by atoms with Gasteiger partial charge in [-0.2, -0.15) is 0 Å². The van der Waals surface area contributed by atoms with Crippen molar-refractivity contribution in [2.75, 3.05) is 26.2 Å². The molecule has 2 heterocycles. The third-order valence-corrected chi connectivity index (χ3v) is 7.37. The zero-order valence-electron chi connectivity index (χ0n) is 22.6. The number of nitrogens with zero attached hydrogens (tertiary/aromatic N) is 2. The van der Waals surface area contributed by atoms with Gasteiger partial charge in [-0.15, -0.1) is 0 Å². The molecule has 0 radical (unpaired) electrons. The standard InChI is InChI=1S/C22H30N2O2S2.3C2H6/c1-5-9-12-20(8-4)27-24-18-19-26-22(24)14-16-23(17-15-22)28(25)21(11-7-3)13-10-6-2;3*1-2/h5-13H,2-4,14-19H2,1H3;3*1-2H3/b9-5-,13-10-,20-12+,21-11+;;;. The van der Waals surface area contributed by atoms with Crippen molar-refractivity contribution >= 4 is 22.9 Å². The smallest absolute Gasteiger partial charge is 0.133 e. The normalized spacial score (nSPS) is 19.4. The summed E-state index contributed by atoms with van der Waals surface area (Å²) in [5, 5.41) is 0. The minimum atomic E-state index is -1.22. The summed E-state index contributed by atoms with van der Waals surface area (Å²) in [6.07, 6.45) is 18.3. The van der Waals surface area contributed by atoms with Crippen LogP contribution in [0.25, 0.3) is 0 Å². The second-order valence-electron chi connectivity index (χ2n) is 6.36. The molecule has 194 valence electrons. The topological polar surface area (TPSA) is 32.8 Å². The SMILES string of the molecule is C=C/C=C\C(=C/C=C)S(=O)N1CCC2(CC1)OCCN2S/C(C=C)=C/C=C\C.CC.CC.CC. The van der Waals surface area contributed by atoms with Crippen LogP contribution in [0.3, 0.4) is 0 Å². The number of allylic oxidation sites excluding steroid dienone is 9. The number of ether oxygens (including phenoxy) is 1. The summed E-state index contributed by atoms with van der Waals surface area (Å²) < 4.78 is 23.5. The van der Waals surface area contributed by atoms with Crippen LogP contribution in [-0.2, 0) is 15.7 Å². The maximum atomic E-state index is 13.0. The molecule has 2 saturated heterocycles. The van der Waals surface area contributed by atoms with Crippen LogP contribution < -0.4 is 0 Å². The van der Waals surface area contributed by atoms with Crippen molar-refractivity contribution in [3.63, 3.8) is 0 Å². The molecule has 0 aromatic rings. The van der Waals surface area contributed by atoms with E-state index in [1.54, 1.807) is 36.3 Å². The van der Waals surface area contributed by atoms with Gasteiger partial charge >= 0.3 is 0 Å². The zero-order valence-corrected chi connectivity index (χ0v) is 24.2. The Morgan fingerprint density at radius 2 is 1.56 bits per heavy atom. The van der Waals surface area contributed by atoms with E-state index < -0.39 is 11.0 Å². The monoisotopic (exact) mass is 508 g/mol. The lowest BCUT2D eigenvalue weighted by molar-refractivity contribution is -0.0768. The summed E-state index contributed by atoms with van der Waals surface area (Å²) >= 11 is 1.69. The summed E-state index contributed by atoms with van der Waals surface area (Å²) in [6.45, 7) is 28.3. The molecule has 6 heteroatoms. The first-order valence-corrected chi connectivity index (χ1v) is 14.3. The molecule has 2 aliphatic rings. The van der Waals surface area contributed by atoms with Gasteiger partial charge in [-0.3, -0.25) is 0 Å². The van der Waals surface area contributed by atoms with E-state index in [0.717, 1.165) is 29.2 Å². The van der Waals surface area contributed by atoms with Crippen molar-refractivity contribution in [1.29, 1.82) is 0 Å². The Hall–Kier alpha value is -1.44. The molecule has 34 heavy (non-hydrogen) atoms. The second kappa shape index (κ2) is 22.1. The van der Waals surface area contributed by atoms with E-state index in [-0.39, 0.29) is 5.72 Å². The van der Waals surface area contributed by atoms with E-state index in [4.69, 9.17) is 4.74 Å². The quantitative estimate of drug-likeness (QED) is 0.234. The highest BCUT2D eigenvalue weighted by Gasteiger charge is 2.46.